The number of anilines is 1. The molecule has 1 N–H and O–H groups in total. The number of nitrogens with zero attached hydrogens (tertiary/aromatic N) is 2. The number of amides is 2. The van der Waals surface area contributed by atoms with E-state index in [9.17, 15) is 9.59 Å². The monoisotopic (exact) mass is 409 g/mol. The zero-order valence-electron chi connectivity index (χ0n) is 18.4. The molecule has 0 spiro atoms. The molecule has 1 heterocycles. The summed E-state index contributed by atoms with van der Waals surface area (Å²) in [5, 5.41) is 3.41. The first kappa shape index (κ1) is 19.9. The Kier molecular flexibility index (Phi) is 5.03. The first-order valence-electron chi connectivity index (χ1n) is 11.8. The number of carbonyl (C=O) groups excluding carboxylic acids is 2. The van der Waals surface area contributed by atoms with Gasteiger partial charge in [-0.05, 0) is 93.4 Å². The van der Waals surface area contributed by atoms with Crippen molar-refractivity contribution >= 4 is 17.5 Å². The minimum Gasteiger partial charge on any atom is -0.378 e. The first-order chi connectivity index (χ1) is 14.4. The molecule has 30 heavy (non-hydrogen) atoms. The van der Waals surface area contributed by atoms with Gasteiger partial charge < -0.3 is 15.1 Å². The van der Waals surface area contributed by atoms with E-state index in [-0.39, 0.29) is 17.4 Å². The van der Waals surface area contributed by atoms with Crippen LogP contribution in [-0.4, -0.2) is 49.9 Å². The maximum absolute atomic E-state index is 13.3. The molecular formula is C25H35N3O2. The van der Waals surface area contributed by atoms with Gasteiger partial charge in [0.15, 0.2) is 0 Å². The van der Waals surface area contributed by atoms with E-state index in [1.165, 1.54) is 19.3 Å². The minimum atomic E-state index is -0.0735. The molecule has 0 unspecified atom stereocenters. The fraction of sp³-hybridized carbons (Fsp3) is 0.680. The number of likely N-dealkylation sites (tertiary alicyclic amines) is 1. The van der Waals surface area contributed by atoms with E-state index in [1.54, 1.807) is 0 Å². The van der Waals surface area contributed by atoms with Crippen LogP contribution < -0.4 is 10.2 Å². The third-order valence-electron chi connectivity index (χ3n) is 8.27. The molecular weight excluding hydrogens is 374 g/mol. The molecule has 5 nitrogen and oxygen atoms in total. The number of hydrogen-bond donors (Lipinski definition) is 1. The van der Waals surface area contributed by atoms with Gasteiger partial charge in [-0.15, -0.1) is 0 Å². The summed E-state index contributed by atoms with van der Waals surface area (Å²) >= 11 is 0. The molecule has 4 saturated carbocycles. The summed E-state index contributed by atoms with van der Waals surface area (Å²) in [5.41, 5.74) is 1.77. The lowest BCUT2D eigenvalue weighted by Crippen LogP contribution is -2.56. The van der Waals surface area contributed by atoms with Crippen molar-refractivity contribution in [3.8, 4) is 0 Å². The zero-order valence-corrected chi connectivity index (χ0v) is 18.4. The van der Waals surface area contributed by atoms with Gasteiger partial charge >= 0.3 is 0 Å². The van der Waals surface area contributed by atoms with E-state index in [2.05, 4.69) is 5.32 Å². The van der Waals surface area contributed by atoms with Crippen LogP contribution in [0.25, 0.3) is 0 Å². The summed E-state index contributed by atoms with van der Waals surface area (Å²) < 4.78 is 0. The van der Waals surface area contributed by atoms with Crippen molar-refractivity contribution in [3.05, 3.63) is 29.8 Å². The van der Waals surface area contributed by atoms with Crippen LogP contribution in [0.2, 0.25) is 0 Å². The molecule has 162 valence electrons. The maximum atomic E-state index is 13.3. The summed E-state index contributed by atoms with van der Waals surface area (Å²) in [6.07, 6.45) is 9.16. The van der Waals surface area contributed by atoms with Crippen LogP contribution in [0.5, 0.6) is 0 Å². The van der Waals surface area contributed by atoms with Gasteiger partial charge in [-0.1, -0.05) is 0 Å². The maximum Gasteiger partial charge on any atom is 0.253 e. The van der Waals surface area contributed by atoms with Crippen molar-refractivity contribution in [1.82, 2.24) is 10.2 Å². The molecule has 0 aromatic heterocycles. The Bertz CT molecular complexity index is 773. The van der Waals surface area contributed by atoms with Gasteiger partial charge in [0, 0.05) is 49.9 Å². The molecule has 0 atom stereocenters. The third kappa shape index (κ3) is 3.61. The fourth-order valence-electron chi connectivity index (χ4n) is 7.04. The Balaban J connectivity index is 1.15. The number of carbonyl (C=O) groups is 2. The number of benzene rings is 1. The quantitative estimate of drug-likeness (QED) is 0.825. The van der Waals surface area contributed by atoms with Gasteiger partial charge in [0.05, 0.1) is 0 Å². The second kappa shape index (κ2) is 7.58. The highest BCUT2D eigenvalue weighted by Crippen LogP contribution is 2.60. The van der Waals surface area contributed by atoms with Gasteiger partial charge in [-0.3, -0.25) is 9.59 Å². The Morgan fingerprint density at radius 2 is 1.47 bits per heavy atom. The van der Waals surface area contributed by atoms with Gasteiger partial charge in [-0.2, -0.15) is 0 Å². The molecule has 5 fully saturated rings. The predicted molar refractivity (Wildman–Crippen MR) is 118 cm³/mol. The van der Waals surface area contributed by atoms with Crippen molar-refractivity contribution < 1.29 is 9.59 Å². The molecule has 6 rings (SSSR count). The molecule has 5 aliphatic rings. The summed E-state index contributed by atoms with van der Waals surface area (Å²) in [6, 6.07) is 8.03. The van der Waals surface area contributed by atoms with E-state index < -0.39 is 0 Å². The van der Waals surface area contributed by atoms with Crippen molar-refractivity contribution in [2.24, 2.45) is 23.2 Å². The minimum absolute atomic E-state index is 0.0735. The summed E-state index contributed by atoms with van der Waals surface area (Å²) in [7, 11) is 4.00. The molecule has 4 bridgehead atoms. The highest BCUT2D eigenvalue weighted by atomic mass is 16.2. The van der Waals surface area contributed by atoms with Crippen LogP contribution in [0.1, 0.15) is 61.7 Å². The van der Waals surface area contributed by atoms with Crippen LogP contribution >= 0.6 is 0 Å². The lowest BCUT2D eigenvalue weighted by atomic mass is 9.49. The second-order valence-corrected chi connectivity index (χ2v) is 10.7. The summed E-state index contributed by atoms with van der Waals surface area (Å²) in [5.74, 6) is 2.80. The average molecular weight is 410 g/mol. The molecule has 1 saturated heterocycles. The molecule has 2 amide bonds. The molecule has 1 aliphatic heterocycles. The van der Waals surface area contributed by atoms with Crippen LogP contribution in [0.3, 0.4) is 0 Å². The highest BCUT2D eigenvalue weighted by Gasteiger charge is 2.54. The number of nitrogens with one attached hydrogen (secondary N) is 1. The van der Waals surface area contributed by atoms with Crippen LogP contribution in [0.4, 0.5) is 5.69 Å². The number of hydrogen-bond acceptors (Lipinski definition) is 3. The van der Waals surface area contributed by atoms with E-state index in [1.807, 2.05) is 48.2 Å². The number of piperidine rings is 1. The topological polar surface area (TPSA) is 52.7 Å². The van der Waals surface area contributed by atoms with Crippen molar-refractivity contribution in [2.45, 2.75) is 57.4 Å². The predicted octanol–water partition coefficient (Wildman–Crippen LogP) is 3.69. The van der Waals surface area contributed by atoms with Gasteiger partial charge in [-0.25, -0.2) is 0 Å². The van der Waals surface area contributed by atoms with E-state index in [0.29, 0.717) is 5.91 Å². The SMILES string of the molecule is CN(C)c1ccc(C(=O)N2CCC(NC(=O)C34CC5CC(CC(C5)C3)C4)CC2)cc1. The van der Waals surface area contributed by atoms with Crippen LogP contribution in [0.15, 0.2) is 24.3 Å². The second-order valence-electron chi connectivity index (χ2n) is 10.7. The third-order valence-corrected chi connectivity index (χ3v) is 8.27. The van der Waals surface area contributed by atoms with E-state index >= 15 is 0 Å². The molecule has 1 aromatic carbocycles. The molecule has 1 aromatic rings. The normalized spacial score (nSPS) is 32.9. The Hall–Kier alpha value is -2.04. The Labute approximate surface area is 180 Å². The number of rotatable bonds is 4. The Morgan fingerprint density at radius 1 is 0.933 bits per heavy atom. The zero-order chi connectivity index (χ0) is 20.9. The van der Waals surface area contributed by atoms with E-state index in [4.69, 9.17) is 0 Å². The summed E-state index contributed by atoms with van der Waals surface area (Å²) in [4.78, 5) is 30.1. The summed E-state index contributed by atoms with van der Waals surface area (Å²) in [6.45, 7) is 1.44. The highest BCUT2D eigenvalue weighted by molar-refractivity contribution is 5.94. The van der Waals surface area contributed by atoms with E-state index in [0.717, 1.165) is 74.2 Å². The lowest BCUT2D eigenvalue weighted by Gasteiger charge is -2.56. The van der Waals surface area contributed by atoms with Crippen molar-refractivity contribution in [2.75, 3.05) is 32.1 Å². The average Bonchev–Trinajstić information content (AvgIpc) is 2.73. The van der Waals surface area contributed by atoms with Crippen LogP contribution in [-0.2, 0) is 4.79 Å². The Morgan fingerprint density at radius 3 is 1.97 bits per heavy atom. The fourth-order valence-corrected chi connectivity index (χ4v) is 7.04. The first-order valence-corrected chi connectivity index (χ1v) is 11.8. The van der Waals surface area contributed by atoms with Crippen molar-refractivity contribution in [1.29, 1.82) is 0 Å². The van der Waals surface area contributed by atoms with Crippen LogP contribution in [0, 0.1) is 23.2 Å². The molecule has 4 aliphatic carbocycles. The smallest absolute Gasteiger partial charge is 0.253 e. The van der Waals surface area contributed by atoms with Gasteiger partial charge in [0.25, 0.3) is 5.91 Å². The molecule has 0 radical (unpaired) electrons. The standard InChI is InChI=1S/C25H35N3O2/c1-27(2)22-5-3-20(4-6-22)23(29)28-9-7-21(8-10-28)26-24(30)25-14-17-11-18(15-25)13-19(12-17)16-25/h3-6,17-19,21H,7-16H2,1-2H3,(H,26,30). The lowest BCUT2D eigenvalue weighted by molar-refractivity contribution is -0.147. The molecule has 5 heteroatoms. The van der Waals surface area contributed by atoms with Crippen molar-refractivity contribution in [3.63, 3.8) is 0 Å². The van der Waals surface area contributed by atoms with Gasteiger partial charge in [0.1, 0.15) is 0 Å². The largest absolute Gasteiger partial charge is 0.378 e. The van der Waals surface area contributed by atoms with Gasteiger partial charge in [0.2, 0.25) is 5.91 Å².